The van der Waals surface area contributed by atoms with Crippen molar-refractivity contribution in [2.75, 3.05) is 11.5 Å². The Kier molecular flexibility index (Phi) is 7.28. The van der Waals surface area contributed by atoms with Gasteiger partial charge in [-0.3, -0.25) is 9.59 Å². The van der Waals surface area contributed by atoms with E-state index >= 15 is 4.39 Å². The predicted octanol–water partition coefficient (Wildman–Crippen LogP) is 6.19. The predicted molar refractivity (Wildman–Crippen MR) is 126 cm³/mol. The van der Waals surface area contributed by atoms with E-state index in [1.165, 1.54) is 17.0 Å². The third kappa shape index (κ3) is 4.83. The lowest BCUT2D eigenvalue weighted by Gasteiger charge is -2.17. The molecule has 3 aromatic rings. The number of ether oxygens (including phenoxy) is 2. The van der Waals surface area contributed by atoms with Gasteiger partial charge in [0.25, 0.3) is 5.91 Å². The lowest BCUT2D eigenvalue weighted by atomic mass is 9.91. The number of aryl methyl sites for hydroxylation is 1. The standard InChI is InChI=1S/C27H26F3NO4/c1-3-5-8-18-17-9-6-7-10-19(17)25(35-27(29)30)20-15-31(26(33)24(18)20)22-12-11-16(13-21(22)28)14-23(32)34-4-2/h6-7,9-13,27H,3-5,8,14-15H2,1-2H3. The zero-order valence-corrected chi connectivity index (χ0v) is 19.6. The van der Waals surface area contributed by atoms with Crippen molar-refractivity contribution in [2.45, 2.75) is 52.7 Å². The molecule has 0 saturated heterocycles. The van der Waals surface area contributed by atoms with E-state index in [4.69, 9.17) is 9.47 Å². The van der Waals surface area contributed by atoms with Gasteiger partial charge in [0.1, 0.15) is 11.6 Å². The van der Waals surface area contributed by atoms with Crippen molar-refractivity contribution in [1.82, 2.24) is 0 Å². The van der Waals surface area contributed by atoms with Gasteiger partial charge in [-0.2, -0.15) is 8.78 Å². The van der Waals surface area contributed by atoms with Crippen LogP contribution in [-0.2, 0) is 28.9 Å². The molecule has 184 valence electrons. The molecule has 1 aliphatic rings. The van der Waals surface area contributed by atoms with E-state index in [9.17, 15) is 18.4 Å². The molecular formula is C27H26F3NO4. The van der Waals surface area contributed by atoms with E-state index in [2.05, 4.69) is 0 Å². The summed E-state index contributed by atoms with van der Waals surface area (Å²) in [5, 5.41) is 1.17. The second-order valence-electron chi connectivity index (χ2n) is 8.35. The summed E-state index contributed by atoms with van der Waals surface area (Å²) in [6.45, 7) is 0.749. The van der Waals surface area contributed by atoms with Crippen molar-refractivity contribution < 1.29 is 32.2 Å². The highest BCUT2D eigenvalue weighted by Gasteiger charge is 2.37. The number of rotatable bonds is 9. The number of fused-ring (bicyclic) bond motifs is 2. The monoisotopic (exact) mass is 485 g/mol. The van der Waals surface area contributed by atoms with Crippen molar-refractivity contribution in [3.63, 3.8) is 0 Å². The third-order valence-electron chi connectivity index (χ3n) is 6.09. The third-order valence-corrected chi connectivity index (χ3v) is 6.09. The lowest BCUT2D eigenvalue weighted by Crippen LogP contribution is -2.24. The Morgan fingerprint density at radius 1 is 1.11 bits per heavy atom. The molecule has 0 N–H and O–H groups in total. The number of carbonyl (C=O) groups is 2. The van der Waals surface area contributed by atoms with E-state index in [0.717, 1.165) is 18.4 Å². The Balaban J connectivity index is 1.80. The fraction of sp³-hybridized carbons (Fsp3) is 0.333. The molecule has 0 unspecified atom stereocenters. The van der Waals surface area contributed by atoms with Crippen LogP contribution in [0.2, 0.25) is 0 Å². The molecule has 3 aromatic carbocycles. The van der Waals surface area contributed by atoms with E-state index < -0.39 is 24.3 Å². The minimum absolute atomic E-state index is 0.00676. The van der Waals surface area contributed by atoms with Crippen LogP contribution in [0.1, 0.15) is 53.7 Å². The fourth-order valence-electron chi connectivity index (χ4n) is 4.60. The number of esters is 1. The lowest BCUT2D eigenvalue weighted by molar-refractivity contribution is -0.142. The van der Waals surface area contributed by atoms with Crippen LogP contribution in [0.5, 0.6) is 5.75 Å². The van der Waals surface area contributed by atoms with Gasteiger partial charge in [-0.15, -0.1) is 0 Å². The molecule has 0 fully saturated rings. The molecule has 1 heterocycles. The van der Waals surface area contributed by atoms with Crippen LogP contribution in [0.15, 0.2) is 42.5 Å². The van der Waals surface area contributed by atoms with Crippen molar-refractivity contribution in [3.05, 3.63) is 70.5 Å². The summed E-state index contributed by atoms with van der Waals surface area (Å²) in [6.07, 6.45) is 2.16. The molecule has 4 rings (SSSR count). The summed E-state index contributed by atoms with van der Waals surface area (Å²) in [5.74, 6) is -1.69. The van der Waals surface area contributed by atoms with Crippen LogP contribution in [0.4, 0.5) is 18.9 Å². The summed E-state index contributed by atoms with van der Waals surface area (Å²) in [4.78, 5) is 26.6. The topological polar surface area (TPSA) is 55.8 Å². The van der Waals surface area contributed by atoms with Crippen LogP contribution >= 0.6 is 0 Å². The number of halogens is 3. The zero-order chi connectivity index (χ0) is 25.1. The van der Waals surface area contributed by atoms with Crippen LogP contribution < -0.4 is 9.64 Å². The smallest absolute Gasteiger partial charge is 0.387 e. The fourth-order valence-corrected chi connectivity index (χ4v) is 4.60. The van der Waals surface area contributed by atoms with E-state index in [1.54, 1.807) is 37.3 Å². The van der Waals surface area contributed by atoms with Gasteiger partial charge in [0.15, 0.2) is 0 Å². The van der Waals surface area contributed by atoms with Gasteiger partial charge < -0.3 is 14.4 Å². The van der Waals surface area contributed by atoms with Crippen LogP contribution in [-0.4, -0.2) is 25.1 Å². The van der Waals surface area contributed by atoms with Gasteiger partial charge in [0.05, 0.1) is 30.8 Å². The van der Waals surface area contributed by atoms with E-state index in [0.29, 0.717) is 33.9 Å². The normalized spacial score (nSPS) is 13.0. The van der Waals surface area contributed by atoms with Gasteiger partial charge in [-0.1, -0.05) is 43.7 Å². The molecule has 0 bridgehead atoms. The number of hydrogen-bond acceptors (Lipinski definition) is 4. The quantitative estimate of drug-likeness (QED) is 0.339. The number of carbonyl (C=O) groups excluding carboxylic acids is 2. The molecule has 35 heavy (non-hydrogen) atoms. The molecule has 1 aliphatic heterocycles. The van der Waals surface area contributed by atoms with Gasteiger partial charge >= 0.3 is 12.6 Å². The molecule has 0 saturated carbocycles. The second kappa shape index (κ2) is 10.4. The van der Waals surface area contributed by atoms with Crippen LogP contribution in [0.25, 0.3) is 10.8 Å². The van der Waals surface area contributed by atoms with Gasteiger partial charge in [0, 0.05) is 10.9 Å². The summed E-state index contributed by atoms with van der Waals surface area (Å²) in [6, 6.07) is 11.2. The van der Waals surface area contributed by atoms with Crippen molar-refractivity contribution >= 4 is 28.3 Å². The van der Waals surface area contributed by atoms with Gasteiger partial charge in [-0.25, -0.2) is 4.39 Å². The Bertz CT molecular complexity index is 1280. The van der Waals surface area contributed by atoms with Gasteiger partial charge in [-0.05, 0) is 48.4 Å². The number of alkyl halides is 2. The highest BCUT2D eigenvalue weighted by Crippen LogP contribution is 2.44. The average molecular weight is 486 g/mol. The van der Waals surface area contributed by atoms with Crippen LogP contribution in [0.3, 0.4) is 0 Å². The summed E-state index contributed by atoms with van der Waals surface area (Å²) in [5.41, 5.74) is 1.79. The summed E-state index contributed by atoms with van der Waals surface area (Å²) < 4.78 is 51.7. The summed E-state index contributed by atoms with van der Waals surface area (Å²) >= 11 is 0. The number of amides is 1. The Morgan fingerprint density at radius 3 is 2.51 bits per heavy atom. The number of nitrogens with zero attached hydrogens (tertiary/aromatic N) is 1. The minimum atomic E-state index is -3.08. The average Bonchev–Trinajstić information content (AvgIpc) is 3.15. The molecule has 0 spiro atoms. The molecular weight excluding hydrogens is 459 g/mol. The van der Waals surface area contributed by atoms with E-state index in [-0.39, 0.29) is 31.0 Å². The first-order valence-corrected chi connectivity index (χ1v) is 11.6. The highest BCUT2D eigenvalue weighted by atomic mass is 19.3. The maximum Gasteiger partial charge on any atom is 0.387 e. The molecule has 0 atom stereocenters. The first-order chi connectivity index (χ1) is 16.8. The Hall–Kier alpha value is -3.55. The van der Waals surface area contributed by atoms with Crippen molar-refractivity contribution in [2.24, 2.45) is 0 Å². The SMILES string of the molecule is CCCCc1c2c(c(OC(F)F)c3ccccc13)CN(c1ccc(CC(=O)OCC)cc1F)C2=O. The summed E-state index contributed by atoms with van der Waals surface area (Å²) in [7, 11) is 0. The number of benzene rings is 3. The highest BCUT2D eigenvalue weighted by molar-refractivity contribution is 6.15. The molecule has 0 aromatic heterocycles. The molecule has 0 aliphatic carbocycles. The van der Waals surface area contributed by atoms with Crippen molar-refractivity contribution in [3.8, 4) is 5.75 Å². The van der Waals surface area contributed by atoms with Gasteiger partial charge in [0.2, 0.25) is 0 Å². The number of unbranched alkanes of at least 4 members (excludes halogenated alkanes) is 1. The number of hydrogen-bond donors (Lipinski definition) is 0. The maximum absolute atomic E-state index is 15.1. The minimum Gasteiger partial charge on any atom is -0.466 e. The Morgan fingerprint density at radius 2 is 1.86 bits per heavy atom. The largest absolute Gasteiger partial charge is 0.466 e. The molecule has 8 heteroatoms. The second-order valence-corrected chi connectivity index (χ2v) is 8.35. The Labute approximate surface area is 201 Å². The zero-order valence-electron chi connectivity index (χ0n) is 19.6. The van der Waals surface area contributed by atoms with Crippen LogP contribution in [0, 0.1) is 5.82 Å². The number of anilines is 1. The molecule has 0 radical (unpaired) electrons. The molecule has 1 amide bonds. The van der Waals surface area contributed by atoms with E-state index in [1.807, 2.05) is 6.92 Å². The van der Waals surface area contributed by atoms with Crippen molar-refractivity contribution in [1.29, 1.82) is 0 Å². The first-order valence-electron chi connectivity index (χ1n) is 11.6. The first kappa shape index (κ1) is 24.6. The maximum atomic E-state index is 15.1. The molecule has 5 nitrogen and oxygen atoms in total.